The molecule has 9 heteroatoms. The molecule has 196 valence electrons. The molecule has 0 spiro atoms. The third-order valence-corrected chi connectivity index (χ3v) is 8.53. The lowest BCUT2D eigenvalue weighted by molar-refractivity contribution is -0.117. The molecule has 0 aliphatic carbocycles. The molecule has 0 fully saturated rings. The zero-order valence-electron chi connectivity index (χ0n) is 22.0. The Kier molecular flexibility index (Phi) is 7.32. The van der Waals surface area contributed by atoms with Crippen LogP contribution in [0.3, 0.4) is 0 Å². The lowest BCUT2D eigenvalue weighted by Crippen LogP contribution is -2.55. The van der Waals surface area contributed by atoms with Gasteiger partial charge in [-0.05, 0) is 66.0 Å². The summed E-state index contributed by atoms with van der Waals surface area (Å²) >= 11 is 4.75. The largest absolute Gasteiger partial charge is 0.497 e. The first-order valence-electron chi connectivity index (χ1n) is 11.8. The maximum absolute atomic E-state index is 13.2. The summed E-state index contributed by atoms with van der Waals surface area (Å²) in [6.45, 7) is 7.82. The van der Waals surface area contributed by atoms with E-state index in [1.807, 2.05) is 36.4 Å². The van der Waals surface area contributed by atoms with E-state index in [1.165, 1.54) is 18.4 Å². The van der Waals surface area contributed by atoms with Crippen molar-refractivity contribution in [3.05, 3.63) is 62.3 Å². The summed E-state index contributed by atoms with van der Waals surface area (Å²) < 4.78 is 18.0. The van der Waals surface area contributed by atoms with Crippen LogP contribution in [0.5, 0.6) is 17.2 Å². The Balaban J connectivity index is 2.01. The quantitative estimate of drug-likeness (QED) is 0.351. The number of fused-ring (bicyclic) bond motifs is 1. The maximum atomic E-state index is 13.2. The number of rotatable bonds is 6. The molecule has 4 rings (SSSR count). The van der Waals surface area contributed by atoms with Crippen molar-refractivity contribution in [1.29, 1.82) is 0 Å². The average Bonchev–Trinajstić information content (AvgIpc) is 3.29. The van der Waals surface area contributed by atoms with Crippen molar-refractivity contribution in [1.82, 2.24) is 0 Å². The van der Waals surface area contributed by atoms with Crippen LogP contribution >= 0.6 is 27.3 Å². The zero-order valence-corrected chi connectivity index (χ0v) is 24.4. The highest BCUT2D eigenvalue weighted by Crippen LogP contribution is 2.57. The van der Waals surface area contributed by atoms with Crippen molar-refractivity contribution in [2.24, 2.45) is 0 Å². The summed E-state index contributed by atoms with van der Waals surface area (Å²) in [5, 5.41) is 3.01. The van der Waals surface area contributed by atoms with Crippen molar-refractivity contribution in [2.45, 2.75) is 45.1 Å². The Morgan fingerprint density at radius 2 is 1.68 bits per heavy atom. The molecular weight excluding hydrogens is 556 g/mol. The van der Waals surface area contributed by atoms with Crippen LogP contribution in [0.4, 0.5) is 11.4 Å². The van der Waals surface area contributed by atoms with Gasteiger partial charge in [0.25, 0.3) is 5.91 Å². The molecule has 0 saturated carbocycles. The first-order chi connectivity index (χ1) is 17.5. The van der Waals surface area contributed by atoms with Crippen molar-refractivity contribution in [3.8, 4) is 17.2 Å². The predicted octanol–water partition coefficient (Wildman–Crippen LogP) is 6.63. The molecule has 1 atom stereocenters. The van der Waals surface area contributed by atoms with Gasteiger partial charge in [-0.3, -0.25) is 9.59 Å². The summed E-state index contributed by atoms with van der Waals surface area (Å²) in [7, 11) is 4.74. The smallest absolute Gasteiger partial charge is 0.265 e. The van der Waals surface area contributed by atoms with E-state index in [-0.39, 0.29) is 11.8 Å². The number of nitrogens with zero attached hydrogens (tertiary/aromatic N) is 1. The van der Waals surface area contributed by atoms with Crippen LogP contribution in [0.15, 0.2) is 46.3 Å². The standard InChI is InChI=1S/C28H31BrN2O5S/c1-16(32)31-19-14-20(35-6)24(30-26(33)21-12-13-22(29)37-21)25(36-7)23(19)28(4,15-27(31,2)3)17-8-10-18(34-5)11-9-17/h8-14H,15H2,1-7H3,(H,30,33). The van der Waals surface area contributed by atoms with Gasteiger partial charge in [0.2, 0.25) is 5.91 Å². The van der Waals surface area contributed by atoms with Gasteiger partial charge in [-0.15, -0.1) is 11.3 Å². The maximum Gasteiger partial charge on any atom is 0.265 e. The Morgan fingerprint density at radius 3 is 2.19 bits per heavy atom. The third-order valence-electron chi connectivity index (χ3n) is 6.91. The molecule has 1 aliphatic heterocycles. The summed E-state index contributed by atoms with van der Waals surface area (Å²) in [6, 6.07) is 13.3. The number of thiophene rings is 1. The monoisotopic (exact) mass is 586 g/mol. The van der Waals surface area contributed by atoms with Crippen molar-refractivity contribution in [3.63, 3.8) is 0 Å². The van der Waals surface area contributed by atoms with Gasteiger partial charge >= 0.3 is 0 Å². The Labute approximate surface area is 229 Å². The number of methoxy groups -OCH3 is 3. The molecule has 2 aromatic carbocycles. The van der Waals surface area contributed by atoms with Gasteiger partial charge < -0.3 is 24.4 Å². The number of carbonyl (C=O) groups is 2. The van der Waals surface area contributed by atoms with E-state index in [4.69, 9.17) is 14.2 Å². The molecule has 7 nitrogen and oxygen atoms in total. The Morgan fingerprint density at radius 1 is 1.00 bits per heavy atom. The van der Waals surface area contributed by atoms with Gasteiger partial charge in [-0.25, -0.2) is 0 Å². The molecule has 0 radical (unpaired) electrons. The molecular formula is C28H31BrN2O5S. The predicted molar refractivity (Wildman–Crippen MR) is 151 cm³/mol. The van der Waals surface area contributed by atoms with E-state index in [0.717, 1.165) is 20.7 Å². The average molecular weight is 588 g/mol. The molecule has 0 saturated heterocycles. The lowest BCUT2D eigenvalue weighted by atomic mass is 9.64. The lowest BCUT2D eigenvalue weighted by Gasteiger charge is -2.51. The van der Waals surface area contributed by atoms with Crippen molar-refractivity contribution in [2.75, 3.05) is 31.5 Å². The number of hydrogen-bond donors (Lipinski definition) is 1. The molecule has 1 aromatic heterocycles. The highest BCUT2D eigenvalue weighted by atomic mass is 79.9. The minimum absolute atomic E-state index is 0.0904. The topological polar surface area (TPSA) is 77.1 Å². The molecule has 2 amide bonds. The number of carbonyl (C=O) groups excluding carboxylic acids is 2. The van der Waals surface area contributed by atoms with Crippen LogP contribution in [-0.2, 0) is 10.2 Å². The number of amides is 2. The number of anilines is 2. The van der Waals surface area contributed by atoms with Crippen LogP contribution in [0.2, 0.25) is 0 Å². The van der Waals surface area contributed by atoms with Crippen molar-refractivity contribution < 1.29 is 23.8 Å². The second-order valence-corrected chi connectivity index (χ2v) is 12.3. The van der Waals surface area contributed by atoms with Crippen LogP contribution in [0, 0.1) is 0 Å². The first-order valence-corrected chi connectivity index (χ1v) is 13.4. The van der Waals surface area contributed by atoms with E-state index >= 15 is 0 Å². The van der Waals surface area contributed by atoms with Crippen LogP contribution in [0.1, 0.15) is 54.9 Å². The number of halogens is 1. The van der Waals surface area contributed by atoms with E-state index in [9.17, 15) is 9.59 Å². The highest BCUT2D eigenvalue weighted by molar-refractivity contribution is 9.11. The molecule has 1 unspecified atom stereocenters. The summed E-state index contributed by atoms with van der Waals surface area (Å²) in [5.74, 6) is 1.24. The molecule has 1 N–H and O–H groups in total. The fourth-order valence-electron chi connectivity index (χ4n) is 5.59. The van der Waals surface area contributed by atoms with E-state index in [1.54, 1.807) is 32.1 Å². The van der Waals surface area contributed by atoms with Crippen LogP contribution < -0.4 is 24.4 Å². The number of benzene rings is 2. The van der Waals surface area contributed by atoms with Gasteiger partial charge in [0, 0.05) is 29.5 Å². The van der Waals surface area contributed by atoms with Gasteiger partial charge in [0.1, 0.15) is 17.2 Å². The zero-order chi connectivity index (χ0) is 27.1. The highest BCUT2D eigenvalue weighted by Gasteiger charge is 2.50. The van der Waals surface area contributed by atoms with E-state index in [0.29, 0.717) is 34.2 Å². The third kappa shape index (κ3) is 4.70. The van der Waals surface area contributed by atoms with Crippen molar-refractivity contribution >= 4 is 50.5 Å². The molecule has 0 bridgehead atoms. The van der Waals surface area contributed by atoms with Crippen LogP contribution in [-0.4, -0.2) is 38.7 Å². The Bertz CT molecular complexity index is 1350. The minimum Gasteiger partial charge on any atom is -0.497 e. The molecule has 2 heterocycles. The van der Waals surface area contributed by atoms with E-state index < -0.39 is 11.0 Å². The van der Waals surface area contributed by atoms with Gasteiger partial charge in [-0.1, -0.05) is 19.1 Å². The molecule has 37 heavy (non-hydrogen) atoms. The summed E-state index contributed by atoms with van der Waals surface area (Å²) in [6.07, 6.45) is 0.618. The fraction of sp³-hybridized carbons (Fsp3) is 0.357. The Hall–Kier alpha value is -3.04. The second kappa shape index (κ2) is 10.0. The fourth-order valence-corrected chi connectivity index (χ4v) is 6.87. The molecule has 1 aliphatic rings. The number of hydrogen-bond acceptors (Lipinski definition) is 6. The minimum atomic E-state index is -0.569. The molecule has 3 aromatic rings. The normalized spacial score (nSPS) is 18.1. The number of ether oxygens (including phenoxy) is 3. The SMILES string of the molecule is COc1ccc(C2(C)CC(C)(C)N(C(C)=O)c3cc(OC)c(NC(=O)c4ccc(Br)s4)c(OC)c32)cc1. The van der Waals surface area contributed by atoms with Gasteiger partial charge in [0.15, 0.2) is 5.75 Å². The summed E-state index contributed by atoms with van der Waals surface area (Å²) in [4.78, 5) is 28.5. The number of nitrogens with one attached hydrogen (secondary N) is 1. The van der Waals surface area contributed by atoms with Gasteiger partial charge in [0.05, 0.1) is 35.7 Å². The second-order valence-electron chi connectivity index (χ2n) is 9.84. The first kappa shape index (κ1) is 27.0. The van der Waals surface area contributed by atoms with Gasteiger partial charge in [-0.2, -0.15) is 0 Å². The summed E-state index contributed by atoms with van der Waals surface area (Å²) in [5.41, 5.74) is 1.86. The van der Waals surface area contributed by atoms with E-state index in [2.05, 4.69) is 42.0 Å². The van der Waals surface area contributed by atoms with Crippen LogP contribution in [0.25, 0.3) is 0 Å².